The molecule has 1 saturated carbocycles. The van der Waals surface area contributed by atoms with Crippen molar-refractivity contribution in [2.45, 2.75) is 50.5 Å². The highest BCUT2D eigenvalue weighted by atomic mass is 35.5. The number of aromatic hydroxyl groups is 1. The van der Waals surface area contributed by atoms with E-state index < -0.39 is 52.4 Å². The number of allylic oxidation sites excluding steroid dienone is 2. The summed E-state index contributed by atoms with van der Waals surface area (Å²) in [5.74, 6) is -4.71. The Morgan fingerprint density at radius 1 is 0.891 bits per heavy atom. The van der Waals surface area contributed by atoms with Crippen LogP contribution in [-0.4, -0.2) is 46.3 Å². The van der Waals surface area contributed by atoms with Gasteiger partial charge in [-0.25, -0.2) is 4.90 Å². The van der Waals surface area contributed by atoms with Crippen LogP contribution >= 0.6 is 11.6 Å². The van der Waals surface area contributed by atoms with Crippen LogP contribution in [0.1, 0.15) is 50.7 Å². The number of phenolic OH excluding ortho intramolecular Hbond substituents is 1. The van der Waals surface area contributed by atoms with Crippen LogP contribution in [0.3, 0.4) is 0 Å². The molecule has 0 spiro atoms. The lowest BCUT2D eigenvalue weighted by atomic mass is 9.49. The number of imide groups is 2. The molecule has 2 aliphatic carbocycles. The summed E-state index contributed by atoms with van der Waals surface area (Å²) >= 11 is 6.37. The van der Waals surface area contributed by atoms with Gasteiger partial charge in [-0.3, -0.25) is 24.1 Å². The van der Waals surface area contributed by atoms with Crippen LogP contribution in [-0.2, 0) is 24.6 Å². The number of carbonyl (C=O) groups is 4. The number of amides is 4. The predicted octanol–water partition coefficient (Wildman–Crippen LogP) is 6.02. The van der Waals surface area contributed by atoms with Gasteiger partial charge in [0, 0.05) is 22.0 Å². The summed E-state index contributed by atoms with van der Waals surface area (Å²) in [4.78, 5) is 60.6. The zero-order valence-corrected chi connectivity index (χ0v) is 26.8. The zero-order valence-electron chi connectivity index (χ0n) is 26.1. The maximum atomic E-state index is 15.3. The second-order valence-corrected chi connectivity index (χ2v) is 14.1. The van der Waals surface area contributed by atoms with Crippen LogP contribution in [0.2, 0.25) is 5.02 Å². The molecule has 1 N–H and O–H groups in total. The molecule has 8 nitrogen and oxygen atoms in total. The molecular weight excluding hydrogens is 604 g/mol. The van der Waals surface area contributed by atoms with Crippen molar-refractivity contribution in [3.63, 3.8) is 0 Å². The summed E-state index contributed by atoms with van der Waals surface area (Å²) in [5.41, 5.74) is -0.145. The summed E-state index contributed by atoms with van der Waals surface area (Å²) in [7, 11) is 1.50. The quantitative estimate of drug-likeness (QED) is 0.277. The molecule has 0 aromatic heterocycles. The maximum Gasteiger partial charge on any atom is 0.246 e. The number of ether oxygens (including phenoxy) is 1. The van der Waals surface area contributed by atoms with Gasteiger partial charge in [-0.05, 0) is 75.4 Å². The van der Waals surface area contributed by atoms with Crippen molar-refractivity contribution < 1.29 is 29.0 Å². The van der Waals surface area contributed by atoms with Crippen molar-refractivity contribution >= 4 is 40.9 Å². The first-order valence-corrected chi connectivity index (χ1v) is 15.9. The third-order valence-corrected chi connectivity index (χ3v) is 10.6. The highest BCUT2D eigenvalue weighted by Crippen LogP contribution is 2.66. The summed E-state index contributed by atoms with van der Waals surface area (Å²) in [6.07, 6.45) is 2.45. The molecule has 46 heavy (non-hydrogen) atoms. The zero-order chi connectivity index (χ0) is 32.7. The van der Waals surface area contributed by atoms with Gasteiger partial charge in [-0.1, -0.05) is 65.7 Å². The van der Waals surface area contributed by atoms with Crippen molar-refractivity contribution in [3.05, 3.63) is 101 Å². The molecule has 4 amide bonds. The van der Waals surface area contributed by atoms with Crippen LogP contribution in [0.5, 0.6) is 11.5 Å². The van der Waals surface area contributed by atoms with Gasteiger partial charge in [-0.2, -0.15) is 0 Å². The molecule has 9 heteroatoms. The minimum atomic E-state index is -1.50. The third-order valence-electron chi connectivity index (χ3n) is 10.4. The largest absolute Gasteiger partial charge is 0.508 e. The highest BCUT2D eigenvalue weighted by Gasteiger charge is 2.71. The number of rotatable bonds is 4. The Bertz CT molecular complexity index is 1830. The molecule has 7 rings (SSSR count). The molecule has 2 saturated heterocycles. The van der Waals surface area contributed by atoms with E-state index in [1.165, 1.54) is 16.9 Å². The number of hydrogen-bond donors (Lipinski definition) is 1. The van der Waals surface area contributed by atoms with Crippen molar-refractivity contribution in [1.29, 1.82) is 0 Å². The minimum Gasteiger partial charge on any atom is -0.508 e. The molecule has 3 fully saturated rings. The number of anilines is 1. The van der Waals surface area contributed by atoms with Gasteiger partial charge in [0.05, 0.1) is 36.0 Å². The average molecular weight is 639 g/mol. The Morgan fingerprint density at radius 2 is 1.61 bits per heavy atom. The van der Waals surface area contributed by atoms with E-state index in [9.17, 15) is 19.5 Å². The lowest BCUT2D eigenvalue weighted by Gasteiger charge is -2.51. The molecule has 2 heterocycles. The van der Waals surface area contributed by atoms with Crippen molar-refractivity contribution in [1.82, 2.24) is 4.90 Å². The van der Waals surface area contributed by atoms with Crippen LogP contribution in [0.4, 0.5) is 5.69 Å². The number of benzene rings is 3. The normalized spacial score (nSPS) is 29.0. The molecule has 4 aliphatic rings. The standard InChI is InChI=1S/C37H35ClN2O6/c1-36(2,3)40-32(42)24-17-16-23-25(29(24)34(40)44)19-26-33(43)39(22-13-8-12-21(38)18-22)35(45)37(26,20-10-6-5-7-11-20)31(23)30-27(41)14-9-15-28(30)46-4/h5-16,18,24-26,29,31,41H,17,19H2,1-4H3/t24-,25+,26-,29-,31+,37+/m0/s1. The Labute approximate surface area is 272 Å². The SMILES string of the molecule is COc1cccc(O)c1[C@H]1C2=CC[C@@H]3C(=O)N(C(C)(C)C)C(=O)[C@@H]3[C@@H]2C[C@H]2C(=O)N(c3cccc(Cl)c3)C(=O)[C@@]12c1ccccc1. The molecule has 0 bridgehead atoms. The number of fused-ring (bicyclic) bond motifs is 4. The minimum absolute atomic E-state index is 0.0892. The first kappa shape index (κ1) is 30.2. The molecule has 3 aromatic carbocycles. The molecule has 2 aliphatic heterocycles. The summed E-state index contributed by atoms with van der Waals surface area (Å²) < 4.78 is 5.82. The summed E-state index contributed by atoms with van der Waals surface area (Å²) in [5, 5.41) is 12.0. The first-order chi connectivity index (χ1) is 21.9. The van der Waals surface area contributed by atoms with Crippen LogP contribution in [0, 0.1) is 23.7 Å². The molecule has 3 aromatic rings. The van der Waals surface area contributed by atoms with E-state index in [1.54, 1.807) is 42.5 Å². The monoisotopic (exact) mass is 638 g/mol. The van der Waals surface area contributed by atoms with Crippen LogP contribution in [0.15, 0.2) is 84.4 Å². The van der Waals surface area contributed by atoms with E-state index in [1.807, 2.05) is 57.2 Å². The van der Waals surface area contributed by atoms with Gasteiger partial charge in [0.25, 0.3) is 0 Å². The molecule has 0 unspecified atom stereocenters. The molecule has 236 valence electrons. The Kier molecular flexibility index (Phi) is 6.94. The topological polar surface area (TPSA) is 104 Å². The average Bonchev–Trinajstić information content (AvgIpc) is 3.42. The van der Waals surface area contributed by atoms with Crippen molar-refractivity contribution in [2.24, 2.45) is 23.7 Å². The van der Waals surface area contributed by atoms with E-state index >= 15 is 4.79 Å². The van der Waals surface area contributed by atoms with Gasteiger partial charge >= 0.3 is 0 Å². The Hall–Kier alpha value is -4.43. The molecule has 6 atom stereocenters. The maximum absolute atomic E-state index is 15.3. The van der Waals surface area contributed by atoms with E-state index in [4.69, 9.17) is 16.3 Å². The summed E-state index contributed by atoms with van der Waals surface area (Å²) in [6.45, 7) is 5.52. The number of likely N-dealkylation sites (tertiary alicyclic amines) is 1. The fraction of sp³-hybridized carbons (Fsp3) is 0.351. The van der Waals surface area contributed by atoms with Crippen LogP contribution in [0.25, 0.3) is 0 Å². The fourth-order valence-corrected chi connectivity index (χ4v) is 8.90. The lowest BCUT2D eigenvalue weighted by molar-refractivity contribution is -0.145. The number of hydrogen-bond acceptors (Lipinski definition) is 6. The lowest BCUT2D eigenvalue weighted by Crippen LogP contribution is -2.53. The molecular formula is C37H35ClN2O6. The van der Waals surface area contributed by atoms with E-state index in [0.29, 0.717) is 34.0 Å². The van der Waals surface area contributed by atoms with Gasteiger partial charge in [-0.15, -0.1) is 0 Å². The smallest absolute Gasteiger partial charge is 0.246 e. The summed E-state index contributed by atoms with van der Waals surface area (Å²) in [6, 6.07) is 20.8. The number of carbonyl (C=O) groups excluding carboxylic acids is 4. The number of nitrogens with zero attached hydrogens (tertiary/aromatic N) is 2. The molecule has 0 radical (unpaired) electrons. The van der Waals surface area contributed by atoms with Gasteiger partial charge in [0.15, 0.2) is 0 Å². The van der Waals surface area contributed by atoms with E-state index in [0.717, 1.165) is 5.57 Å². The number of methoxy groups -OCH3 is 1. The second kappa shape index (κ2) is 10.6. The van der Waals surface area contributed by atoms with Crippen molar-refractivity contribution in [2.75, 3.05) is 12.0 Å². The number of halogens is 1. The van der Waals surface area contributed by atoms with E-state index in [-0.39, 0.29) is 24.0 Å². The third kappa shape index (κ3) is 4.05. The van der Waals surface area contributed by atoms with Gasteiger partial charge in [0.1, 0.15) is 11.5 Å². The first-order valence-electron chi connectivity index (χ1n) is 15.6. The van der Waals surface area contributed by atoms with Gasteiger partial charge in [0.2, 0.25) is 23.6 Å². The van der Waals surface area contributed by atoms with Gasteiger partial charge < -0.3 is 9.84 Å². The second-order valence-electron chi connectivity index (χ2n) is 13.7. The van der Waals surface area contributed by atoms with Crippen LogP contribution < -0.4 is 9.64 Å². The van der Waals surface area contributed by atoms with Crippen molar-refractivity contribution in [3.8, 4) is 11.5 Å². The predicted molar refractivity (Wildman–Crippen MR) is 172 cm³/mol. The highest BCUT2D eigenvalue weighted by molar-refractivity contribution is 6.32. The van der Waals surface area contributed by atoms with E-state index in [2.05, 4.69) is 0 Å². The Balaban J connectivity index is 1.53. The fourth-order valence-electron chi connectivity index (χ4n) is 8.72. The Morgan fingerprint density at radius 3 is 2.28 bits per heavy atom. The number of phenols is 1.